The summed E-state index contributed by atoms with van der Waals surface area (Å²) >= 11 is 0. The summed E-state index contributed by atoms with van der Waals surface area (Å²) in [5.74, 6) is 1.87. The van der Waals surface area contributed by atoms with Gasteiger partial charge in [-0.3, -0.25) is 4.79 Å². The number of para-hydroxylation sites is 1. The maximum Gasteiger partial charge on any atom is 0.261 e. The van der Waals surface area contributed by atoms with Gasteiger partial charge in [-0.1, -0.05) is 24.3 Å². The zero-order valence-electron chi connectivity index (χ0n) is 14.4. The van der Waals surface area contributed by atoms with E-state index in [1.165, 1.54) is 0 Å². The van der Waals surface area contributed by atoms with Crippen LogP contribution in [-0.4, -0.2) is 36.1 Å². The molecule has 3 heterocycles. The molecule has 2 aromatic rings. The Hall–Kier alpha value is -2.56. The predicted octanol–water partition coefficient (Wildman–Crippen LogP) is 2.48. The summed E-state index contributed by atoms with van der Waals surface area (Å²) in [6.45, 7) is 3.83. The smallest absolute Gasteiger partial charge is 0.261 e. The number of benzene rings is 1. The summed E-state index contributed by atoms with van der Waals surface area (Å²) in [6, 6.07) is 14.2. The quantitative estimate of drug-likeness (QED) is 0.935. The van der Waals surface area contributed by atoms with Crippen LogP contribution in [0.25, 0.3) is 0 Å². The van der Waals surface area contributed by atoms with Crippen molar-refractivity contribution in [2.45, 2.75) is 38.3 Å². The average molecular weight is 337 g/mol. The molecule has 130 valence electrons. The third-order valence-electron chi connectivity index (χ3n) is 4.98. The minimum absolute atomic E-state index is 0.00308. The van der Waals surface area contributed by atoms with E-state index in [2.05, 4.69) is 21.3 Å². The number of piperidine rings is 1. The summed E-state index contributed by atoms with van der Waals surface area (Å²) < 4.78 is 5.78. The fourth-order valence-electron chi connectivity index (χ4n) is 3.58. The summed E-state index contributed by atoms with van der Waals surface area (Å²) in [7, 11) is 0. The molecular formula is C20H23N3O2. The van der Waals surface area contributed by atoms with Gasteiger partial charge < -0.3 is 15.0 Å². The van der Waals surface area contributed by atoms with Crippen LogP contribution in [-0.2, 0) is 11.2 Å². The second-order valence-electron chi connectivity index (χ2n) is 6.83. The molecule has 1 fully saturated rings. The number of amides is 1. The van der Waals surface area contributed by atoms with Gasteiger partial charge in [0.05, 0.1) is 0 Å². The second-order valence-corrected chi connectivity index (χ2v) is 6.83. The number of anilines is 1. The highest BCUT2D eigenvalue weighted by atomic mass is 16.5. The van der Waals surface area contributed by atoms with Gasteiger partial charge in [0.1, 0.15) is 11.6 Å². The highest BCUT2D eigenvalue weighted by Gasteiger charge is 2.31. The first-order valence-corrected chi connectivity index (χ1v) is 8.92. The van der Waals surface area contributed by atoms with Gasteiger partial charge in [-0.2, -0.15) is 0 Å². The Morgan fingerprint density at radius 1 is 1.16 bits per heavy atom. The minimum atomic E-state index is -0.395. The number of aryl methyl sites for hydroxylation is 1. The molecule has 1 aromatic carbocycles. The first-order valence-electron chi connectivity index (χ1n) is 8.92. The zero-order valence-corrected chi connectivity index (χ0v) is 14.4. The van der Waals surface area contributed by atoms with Crippen molar-refractivity contribution < 1.29 is 9.53 Å². The standard InChI is InChI=1S/C20H23N3O2/c1-14-5-4-8-19(21-14)23-11-9-16(10-12-23)22-20(24)18-13-15-6-2-3-7-17(15)25-18/h2-8,16,18H,9-13H2,1H3,(H,22,24)/t18-/m1/s1. The number of fused-ring (bicyclic) bond motifs is 1. The SMILES string of the molecule is Cc1cccc(N2CCC(NC(=O)[C@H]3Cc4ccccc4O3)CC2)n1. The molecule has 1 aromatic heterocycles. The fourth-order valence-corrected chi connectivity index (χ4v) is 3.58. The van der Waals surface area contributed by atoms with Crippen molar-refractivity contribution in [2.24, 2.45) is 0 Å². The molecule has 0 aliphatic carbocycles. The number of aromatic nitrogens is 1. The molecule has 0 spiro atoms. The van der Waals surface area contributed by atoms with Crippen molar-refractivity contribution in [2.75, 3.05) is 18.0 Å². The normalized spacial score (nSPS) is 20.0. The summed E-state index contributed by atoms with van der Waals surface area (Å²) in [6.07, 6.45) is 2.13. The highest BCUT2D eigenvalue weighted by molar-refractivity contribution is 5.82. The van der Waals surface area contributed by atoms with Gasteiger partial charge in [0.2, 0.25) is 0 Å². The lowest BCUT2D eigenvalue weighted by molar-refractivity contribution is -0.128. The lowest BCUT2D eigenvalue weighted by Crippen LogP contribution is -2.48. The monoisotopic (exact) mass is 337 g/mol. The first-order chi connectivity index (χ1) is 12.2. The summed E-state index contributed by atoms with van der Waals surface area (Å²) in [5.41, 5.74) is 2.15. The number of rotatable bonds is 3. The zero-order chi connectivity index (χ0) is 17.2. The topological polar surface area (TPSA) is 54.5 Å². The third-order valence-corrected chi connectivity index (χ3v) is 4.98. The van der Waals surface area contributed by atoms with Crippen molar-refractivity contribution in [1.29, 1.82) is 0 Å². The molecule has 5 nitrogen and oxygen atoms in total. The number of hydrogen-bond acceptors (Lipinski definition) is 4. The second kappa shape index (κ2) is 6.75. The van der Waals surface area contributed by atoms with Crippen LogP contribution in [0, 0.1) is 6.92 Å². The van der Waals surface area contributed by atoms with E-state index in [0.29, 0.717) is 6.42 Å². The molecule has 4 rings (SSSR count). The number of hydrogen-bond donors (Lipinski definition) is 1. The van der Waals surface area contributed by atoms with E-state index in [4.69, 9.17) is 4.74 Å². The third kappa shape index (κ3) is 3.45. The van der Waals surface area contributed by atoms with Crippen molar-refractivity contribution in [1.82, 2.24) is 10.3 Å². The van der Waals surface area contributed by atoms with E-state index >= 15 is 0 Å². The fraction of sp³-hybridized carbons (Fsp3) is 0.400. The number of carbonyl (C=O) groups excluding carboxylic acids is 1. The van der Waals surface area contributed by atoms with E-state index in [9.17, 15) is 4.79 Å². The van der Waals surface area contributed by atoms with Crippen LogP contribution in [0.1, 0.15) is 24.1 Å². The van der Waals surface area contributed by atoms with Gasteiger partial charge in [0.25, 0.3) is 5.91 Å². The van der Waals surface area contributed by atoms with Gasteiger partial charge in [-0.25, -0.2) is 4.98 Å². The molecule has 0 unspecified atom stereocenters. The van der Waals surface area contributed by atoms with E-state index in [1.54, 1.807) is 0 Å². The lowest BCUT2D eigenvalue weighted by Gasteiger charge is -2.33. The van der Waals surface area contributed by atoms with E-state index in [0.717, 1.165) is 48.8 Å². The number of ether oxygens (including phenoxy) is 1. The Labute approximate surface area is 148 Å². The van der Waals surface area contributed by atoms with Crippen LogP contribution < -0.4 is 15.0 Å². The maximum atomic E-state index is 12.5. The van der Waals surface area contributed by atoms with Crippen LogP contribution in [0.15, 0.2) is 42.5 Å². The molecule has 2 aliphatic rings. The Balaban J connectivity index is 1.30. The van der Waals surface area contributed by atoms with Crippen LogP contribution in [0.4, 0.5) is 5.82 Å². The molecule has 1 atom stereocenters. The first kappa shape index (κ1) is 15.9. The largest absolute Gasteiger partial charge is 0.480 e. The highest BCUT2D eigenvalue weighted by Crippen LogP contribution is 2.28. The van der Waals surface area contributed by atoms with Gasteiger partial charge in [-0.15, -0.1) is 0 Å². The van der Waals surface area contributed by atoms with Gasteiger partial charge in [0.15, 0.2) is 6.10 Å². The Morgan fingerprint density at radius 2 is 1.96 bits per heavy atom. The van der Waals surface area contributed by atoms with Gasteiger partial charge in [-0.05, 0) is 43.5 Å². The van der Waals surface area contributed by atoms with Crippen LogP contribution in [0.3, 0.4) is 0 Å². The summed E-state index contributed by atoms with van der Waals surface area (Å²) in [5, 5.41) is 3.17. The van der Waals surface area contributed by atoms with E-state index in [-0.39, 0.29) is 11.9 Å². The molecule has 25 heavy (non-hydrogen) atoms. The molecule has 1 N–H and O–H groups in total. The van der Waals surface area contributed by atoms with Crippen LogP contribution >= 0.6 is 0 Å². The molecular weight excluding hydrogens is 314 g/mol. The van der Waals surface area contributed by atoms with Crippen LogP contribution in [0.2, 0.25) is 0 Å². The van der Waals surface area contributed by atoms with E-state index in [1.807, 2.05) is 43.3 Å². The number of nitrogens with zero attached hydrogens (tertiary/aromatic N) is 2. The molecule has 1 amide bonds. The Bertz CT molecular complexity index is 744. The van der Waals surface area contributed by atoms with Gasteiger partial charge in [0, 0.05) is 31.2 Å². The summed E-state index contributed by atoms with van der Waals surface area (Å²) in [4.78, 5) is 19.4. The van der Waals surface area contributed by atoms with Gasteiger partial charge >= 0.3 is 0 Å². The van der Waals surface area contributed by atoms with Crippen molar-refractivity contribution in [3.8, 4) is 5.75 Å². The minimum Gasteiger partial charge on any atom is -0.480 e. The predicted molar refractivity (Wildman–Crippen MR) is 96.9 cm³/mol. The number of pyridine rings is 1. The molecule has 0 radical (unpaired) electrons. The number of carbonyl (C=O) groups is 1. The molecule has 2 aliphatic heterocycles. The van der Waals surface area contributed by atoms with Crippen molar-refractivity contribution in [3.63, 3.8) is 0 Å². The average Bonchev–Trinajstić information content (AvgIpc) is 3.07. The maximum absolute atomic E-state index is 12.5. The van der Waals surface area contributed by atoms with Crippen molar-refractivity contribution in [3.05, 3.63) is 53.7 Å². The Kier molecular flexibility index (Phi) is 4.30. The molecule has 5 heteroatoms. The van der Waals surface area contributed by atoms with E-state index < -0.39 is 6.10 Å². The molecule has 0 bridgehead atoms. The molecule has 1 saturated heterocycles. The lowest BCUT2D eigenvalue weighted by atomic mass is 10.0. The van der Waals surface area contributed by atoms with Crippen molar-refractivity contribution >= 4 is 11.7 Å². The molecule has 0 saturated carbocycles. The van der Waals surface area contributed by atoms with Crippen LogP contribution in [0.5, 0.6) is 5.75 Å². The Morgan fingerprint density at radius 3 is 2.72 bits per heavy atom. The number of nitrogens with one attached hydrogen (secondary N) is 1.